The zero-order valence-corrected chi connectivity index (χ0v) is 18.0. The number of Topliss-reactive ketones (excluding diaryl/α,β-unsaturated/α-hetero) is 1. The second-order valence-electron chi connectivity index (χ2n) is 5.35. The highest BCUT2D eigenvalue weighted by atomic mass is 79.9. The van der Waals surface area contributed by atoms with Gasteiger partial charge in [0.25, 0.3) is 0 Å². The van der Waals surface area contributed by atoms with Crippen molar-refractivity contribution in [3.05, 3.63) is 51.8 Å². The number of thioether (sulfide) groups is 2. The first kappa shape index (κ1) is 18.7. The SMILES string of the molecule is CSc1nnc(SCC(=O)c2cc(C)n(-c3cccc(Br)c3)c2C)s1. The largest absolute Gasteiger partial charge is 0.318 e. The Balaban J connectivity index is 1.80. The maximum absolute atomic E-state index is 12.7. The summed E-state index contributed by atoms with van der Waals surface area (Å²) in [4.78, 5) is 12.7. The summed E-state index contributed by atoms with van der Waals surface area (Å²) in [6.45, 7) is 4.01. The number of carbonyl (C=O) groups is 1. The van der Waals surface area contributed by atoms with Gasteiger partial charge in [0.15, 0.2) is 14.5 Å². The maximum atomic E-state index is 12.7. The van der Waals surface area contributed by atoms with E-state index in [1.807, 2.05) is 50.4 Å². The van der Waals surface area contributed by atoms with E-state index in [0.29, 0.717) is 5.75 Å². The Labute approximate surface area is 167 Å². The highest BCUT2D eigenvalue weighted by Crippen LogP contribution is 2.29. The molecule has 1 aromatic carbocycles. The fourth-order valence-corrected chi connectivity index (χ4v) is 5.31. The van der Waals surface area contributed by atoms with E-state index in [9.17, 15) is 4.79 Å². The topological polar surface area (TPSA) is 47.8 Å². The van der Waals surface area contributed by atoms with Crippen molar-refractivity contribution in [1.29, 1.82) is 0 Å². The van der Waals surface area contributed by atoms with Crippen molar-refractivity contribution in [3.8, 4) is 5.69 Å². The minimum atomic E-state index is 0.111. The second-order valence-corrected chi connectivity index (χ2v) is 9.52. The standard InChI is InChI=1S/C17H16BrN3OS3/c1-10-7-14(11(2)21(10)13-6-4-5-12(18)8-13)15(22)9-24-17-20-19-16(23-3)25-17/h4-8H,9H2,1-3H3. The van der Waals surface area contributed by atoms with Crippen LogP contribution in [0, 0.1) is 13.8 Å². The molecule has 0 saturated heterocycles. The Morgan fingerprint density at radius 3 is 2.68 bits per heavy atom. The van der Waals surface area contributed by atoms with E-state index in [-0.39, 0.29) is 5.78 Å². The normalized spacial score (nSPS) is 11.0. The number of carbonyl (C=O) groups excluding carboxylic acids is 1. The van der Waals surface area contributed by atoms with Crippen LogP contribution in [-0.2, 0) is 0 Å². The molecule has 0 bridgehead atoms. The number of hydrogen-bond acceptors (Lipinski definition) is 6. The van der Waals surface area contributed by atoms with Crippen LogP contribution in [0.4, 0.5) is 0 Å². The Kier molecular flexibility index (Phi) is 6.04. The lowest BCUT2D eigenvalue weighted by Crippen LogP contribution is -2.05. The number of halogens is 1. The van der Waals surface area contributed by atoms with Crippen molar-refractivity contribution in [2.24, 2.45) is 0 Å². The van der Waals surface area contributed by atoms with Gasteiger partial charge in [-0.15, -0.1) is 10.2 Å². The first-order chi connectivity index (χ1) is 12.0. The molecule has 0 N–H and O–H groups in total. The molecule has 0 aliphatic rings. The first-order valence-electron chi connectivity index (χ1n) is 7.48. The minimum absolute atomic E-state index is 0.111. The average Bonchev–Trinajstić information content (AvgIpc) is 3.17. The van der Waals surface area contributed by atoms with E-state index >= 15 is 0 Å². The molecule has 2 aromatic heterocycles. The second kappa shape index (κ2) is 8.07. The molecular weight excluding hydrogens is 438 g/mol. The van der Waals surface area contributed by atoms with Gasteiger partial charge < -0.3 is 4.57 Å². The number of rotatable bonds is 6. The number of aromatic nitrogens is 3. The molecule has 0 atom stereocenters. The number of ketones is 1. The average molecular weight is 454 g/mol. The Hall–Kier alpha value is -1.09. The highest BCUT2D eigenvalue weighted by molar-refractivity contribution is 9.10. The fourth-order valence-electron chi connectivity index (χ4n) is 2.60. The van der Waals surface area contributed by atoms with Gasteiger partial charge in [0.1, 0.15) is 0 Å². The molecule has 0 amide bonds. The van der Waals surface area contributed by atoms with Crippen molar-refractivity contribution < 1.29 is 4.79 Å². The molecule has 0 unspecified atom stereocenters. The third-order valence-electron chi connectivity index (χ3n) is 3.69. The van der Waals surface area contributed by atoms with Gasteiger partial charge in [0.2, 0.25) is 0 Å². The molecule has 0 spiro atoms. The molecular formula is C17H16BrN3OS3. The summed E-state index contributed by atoms with van der Waals surface area (Å²) in [6.07, 6.45) is 1.97. The van der Waals surface area contributed by atoms with Crippen LogP contribution in [-0.4, -0.2) is 32.6 Å². The molecule has 0 aliphatic carbocycles. The first-order valence-corrected chi connectivity index (χ1v) is 11.3. The van der Waals surface area contributed by atoms with Crippen molar-refractivity contribution >= 4 is 56.6 Å². The van der Waals surface area contributed by atoms with Crippen LogP contribution >= 0.6 is 50.8 Å². The van der Waals surface area contributed by atoms with Gasteiger partial charge in [0, 0.05) is 27.1 Å². The summed E-state index contributed by atoms with van der Waals surface area (Å²) in [5, 5.41) is 8.16. The predicted octanol–water partition coefficient (Wildman–Crippen LogP) is 5.41. The van der Waals surface area contributed by atoms with Crippen LogP contribution in [0.2, 0.25) is 0 Å². The van der Waals surface area contributed by atoms with Crippen molar-refractivity contribution in [3.63, 3.8) is 0 Å². The van der Waals surface area contributed by atoms with Crippen molar-refractivity contribution in [2.75, 3.05) is 12.0 Å². The van der Waals surface area contributed by atoms with Gasteiger partial charge in [-0.2, -0.15) is 0 Å². The van der Waals surface area contributed by atoms with Crippen molar-refractivity contribution in [2.45, 2.75) is 22.5 Å². The summed E-state index contributed by atoms with van der Waals surface area (Å²) >= 11 is 8.04. The molecule has 130 valence electrons. The van der Waals surface area contributed by atoms with Gasteiger partial charge in [0.05, 0.1) is 5.75 Å². The van der Waals surface area contributed by atoms with Crippen LogP contribution in [0.25, 0.3) is 5.69 Å². The zero-order valence-electron chi connectivity index (χ0n) is 13.9. The van der Waals surface area contributed by atoms with Crippen LogP contribution in [0.1, 0.15) is 21.7 Å². The molecule has 3 aromatic rings. The van der Waals surface area contributed by atoms with Gasteiger partial charge in [-0.1, -0.05) is 56.9 Å². The Morgan fingerprint density at radius 2 is 2.00 bits per heavy atom. The van der Waals surface area contributed by atoms with E-state index in [1.165, 1.54) is 23.1 Å². The highest BCUT2D eigenvalue weighted by Gasteiger charge is 2.17. The lowest BCUT2D eigenvalue weighted by Gasteiger charge is -2.10. The smallest absolute Gasteiger partial charge is 0.175 e. The quantitative estimate of drug-likeness (QED) is 0.369. The van der Waals surface area contributed by atoms with Crippen LogP contribution in [0.15, 0.2) is 43.5 Å². The summed E-state index contributed by atoms with van der Waals surface area (Å²) in [5.41, 5.74) is 3.82. The summed E-state index contributed by atoms with van der Waals surface area (Å²) in [7, 11) is 0. The molecule has 4 nitrogen and oxygen atoms in total. The monoisotopic (exact) mass is 453 g/mol. The van der Waals surface area contributed by atoms with E-state index in [4.69, 9.17) is 0 Å². The van der Waals surface area contributed by atoms with E-state index in [2.05, 4.69) is 30.7 Å². The number of benzene rings is 1. The van der Waals surface area contributed by atoms with E-state index < -0.39 is 0 Å². The molecule has 8 heteroatoms. The van der Waals surface area contributed by atoms with Crippen molar-refractivity contribution in [1.82, 2.24) is 14.8 Å². The fraction of sp³-hybridized carbons (Fsp3) is 0.235. The van der Waals surface area contributed by atoms with Gasteiger partial charge >= 0.3 is 0 Å². The summed E-state index contributed by atoms with van der Waals surface area (Å²) < 4.78 is 4.88. The molecule has 0 radical (unpaired) electrons. The molecule has 0 saturated carbocycles. The lowest BCUT2D eigenvalue weighted by atomic mass is 10.2. The van der Waals surface area contributed by atoms with Gasteiger partial charge in [-0.25, -0.2) is 0 Å². The maximum Gasteiger partial charge on any atom is 0.175 e. The molecule has 25 heavy (non-hydrogen) atoms. The summed E-state index contributed by atoms with van der Waals surface area (Å²) in [5.74, 6) is 0.478. The third kappa shape index (κ3) is 4.19. The van der Waals surface area contributed by atoms with Crippen LogP contribution in [0.5, 0.6) is 0 Å². The number of aryl methyl sites for hydroxylation is 1. The molecule has 2 heterocycles. The summed E-state index contributed by atoms with van der Waals surface area (Å²) in [6, 6.07) is 10.0. The number of hydrogen-bond donors (Lipinski definition) is 0. The molecule has 0 aliphatic heterocycles. The third-order valence-corrected chi connectivity index (χ3v) is 7.21. The Morgan fingerprint density at radius 1 is 1.24 bits per heavy atom. The Bertz CT molecular complexity index is 920. The molecule has 0 fully saturated rings. The van der Waals surface area contributed by atoms with Crippen LogP contribution < -0.4 is 0 Å². The minimum Gasteiger partial charge on any atom is -0.318 e. The predicted molar refractivity (Wildman–Crippen MR) is 110 cm³/mol. The molecule has 3 rings (SSSR count). The van der Waals surface area contributed by atoms with Gasteiger partial charge in [-0.3, -0.25) is 4.79 Å². The van der Waals surface area contributed by atoms with E-state index in [1.54, 1.807) is 11.8 Å². The lowest BCUT2D eigenvalue weighted by molar-refractivity contribution is 0.102. The zero-order chi connectivity index (χ0) is 18.0. The van der Waals surface area contributed by atoms with Crippen LogP contribution in [0.3, 0.4) is 0 Å². The van der Waals surface area contributed by atoms with Gasteiger partial charge in [-0.05, 0) is 44.4 Å². The van der Waals surface area contributed by atoms with E-state index in [0.717, 1.165) is 35.8 Å². The number of nitrogens with zero attached hydrogens (tertiary/aromatic N) is 3.